The van der Waals surface area contributed by atoms with E-state index in [0.29, 0.717) is 12.2 Å². The number of amides is 1. The standard InChI is InChI=1S/C23H25F3N4O2/c1-14(2)20(16-8-10-17(11-9-16)23(24,25)26)30-21(27)19(22(28)31)18(29-30)13-32-12-15-6-4-3-5-7-15/h3-11,14,20H,12-13,27H2,1-2H3,(H2,28,31). The quantitative estimate of drug-likeness (QED) is 0.531. The van der Waals surface area contributed by atoms with Crippen LogP contribution in [0.15, 0.2) is 54.6 Å². The van der Waals surface area contributed by atoms with Gasteiger partial charge in [0.25, 0.3) is 5.91 Å². The first-order chi connectivity index (χ1) is 15.1. The highest BCUT2D eigenvalue weighted by molar-refractivity contribution is 5.98. The van der Waals surface area contributed by atoms with Crippen molar-refractivity contribution in [2.45, 2.75) is 39.3 Å². The molecule has 32 heavy (non-hydrogen) atoms. The van der Waals surface area contributed by atoms with Crippen molar-refractivity contribution in [2.75, 3.05) is 5.73 Å². The highest BCUT2D eigenvalue weighted by atomic mass is 19.4. The van der Waals surface area contributed by atoms with Gasteiger partial charge in [0, 0.05) is 0 Å². The van der Waals surface area contributed by atoms with Gasteiger partial charge in [-0.1, -0.05) is 56.3 Å². The largest absolute Gasteiger partial charge is 0.416 e. The van der Waals surface area contributed by atoms with Gasteiger partial charge in [-0.05, 0) is 29.2 Å². The molecule has 3 rings (SSSR count). The van der Waals surface area contributed by atoms with Gasteiger partial charge in [0.1, 0.15) is 17.1 Å². The molecule has 2 aromatic carbocycles. The lowest BCUT2D eigenvalue weighted by atomic mass is 9.95. The summed E-state index contributed by atoms with van der Waals surface area (Å²) in [6.07, 6.45) is -4.43. The summed E-state index contributed by atoms with van der Waals surface area (Å²) in [5.74, 6) is -0.788. The van der Waals surface area contributed by atoms with Crippen LogP contribution in [-0.2, 0) is 24.1 Å². The van der Waals surface area contributed by atoms with Gasteiger partial charge in [-0.3, -0.25) is 4.79 Å². The summed E-state index contributed by atoms with van der Waals surface area (Å²) in [5.41, 5.74) is 12.9. The van der Waals surface area contributed by atoms with E-state index in [1.165, 1.54) is 16.8 Å². The molecule has 0 spiro atoms. The Morgan fingerprint density at radius 2 is 1.69 bits per heavy atom. The van der Waals surface area contributed by atoms with Gasteiger partial charge < -0.3 is 16.2 Å². The predicted molar refractivity (Wildman–Crippen MR) is 115 cm³/mol. The second kappa shape index (κ2) is 9.44. The zero-order valence-corrected chi connectivity index (χ0v) is 17.8. The molecule has 1 atom stereocenters. The molecule has 170 valence electrons. The van der Waals surface area contributed by atoms with E-state index in [2.05, 4.69) is 5.10 Å². The van der Waals surface area contributed by atoms with E-state index in [4.69, 9.17) is 16.2 Å². The fourth-order valence-corrected chi connectivity index (χ4v) is 3.60. The molecule has 1 unspecified atom stereocenters. The van der Waals surface area contributed by atoms with Crippen molar-refractivity contribution in [1.29, 1.82) is 0 Å². The third kappa shape index (κ3) is 5.11. The molecule has 1 heterocycles. The Balaban J connectivity index is 1.92. The van der Waals surface area contributed by atoms with E-state index in [9.17, 15) is 18.0 Å². The topological polar surface area (TPSA) is 96.2 Å². The summed E-state index contributed by atoms with van der Waals surface area (Å²) in [6.45, 7) is 4.08. The molecule has 0 radical (unpaired) electrons. The summed E-state index contributed by atoms with van der Waals surface area (Å²) in [4.78, 5) is 12.1. The van der Waals surface area contributed by atoms with E-state index in [1.807, 2.05) is 44.2 Å². The number of anilines is 1. The number of rotatable bonds is 8. The van der Waals surface area contributed by atoms with Crippen molar-refractivity contribution in [1.82, 2.24) is 9.78 Å². The fourth-order valence-electron chi connectivity index (χ4n) is 3.60. The Morgan fingerprint density at radius 1 is 1.06 bits per heavy atom. The fraction of sp³-hybridized carbons (Fsp3) is 0.304. The molecule has 0 saturated carbocycles. The summed E-state index contributed by atoms with van der Waals surface area (Å²) >= 11 is 0. The third-order valence-electron chi connectivity index (χ3n) is 5.09. The van der Waals surface area contributed by atoms with Crippen LogP contribution in [0.5, 0.6) is 0 Å². The average Bonchev–Trinajstić information content (AvgIpc) is 3.04. The number of hydrogen-bond donors (Lipinski definition) is 2. The van der Waals surface area contributed by atoms with Gasteiger partial charge in [0.05, 0.1) is 24.8 Å². The van der Waals surface area contributed by atoms with Crippen LogP contribution < -0.4 is 11.5 Å². The molecule has 0 saturated heterocycles. The summed E-state index contributed by atoms with van der Waals surface area (Å²) in [7, 11) is 0. The Labute approximate surface area is 184 Å². The normalized spacial score (nSPS) is 12.8. The molecule has 0 aliphatic heterocycles. The minimum absolute atomic E-state index is 0.00218. The smallest absolute Gasteiger partial charge is 0.383 e. The monoisotopic (exact) mass is 446 g/mol. The first kappa shape index (κ1) is 23.3. The van der Waals surface area contributed by atoms with Crippen LogP contribution in [0, 0.1) is 5.92 Å². The molecule has 1 amide bonds. The van der Waals surface area contributed by atoms with Crippen molar-refractivity contribution in [3.63, 3.8) is 0 Å². The SMILES string of the molecule is CC(C)C(c1ccc(C(F)(F)F)cc1)n1nc(COCc2ccccc2)c(C(N)=O)c1N. The minimum atomic E-state index is -4.43. The molecule has 9 heteroatoms. The number of hydrogen-bond acceptors (Lipinski definition) is 4. The highest BCUT2D eigenvalue weighted by Gasteiger charge is 2.31. The number of nitrogens with zero attached hydrogens (tertiary/aromatic N) is 2. The Morgan fingerprint density at radius 3 is 2.22 bits per heavy atom. The van der Waals surface area contributed by atoms with Crippen molar-refractivity contribution in [3.8, 4) is 0 Å². The Kier molecular flexibility index (Phi) is 6.88. The zero-order chi connectivity index (χ0) is 23.5. The Hall–Kier alpha value is -3.33. The molecule has 0 aliphatic rings. The first-order valence-electron chi connectivity index (χ1n) is 10.0. The number of nitrogens with two attached hydrogens (primary N) is 2. The van der Waals surface area contributed by atoms with Gasteiger partial charge in [-0.2, -0.15) is 18.3 Å². The lowest BCUT2D eigenvalue weighted by molar-refractivity contribution is -0.137. The van der Waals surface area contributed by atoms with Crippen molar-refractivity contribution in [3.05, 3.63) is 82.5 Å². The molecule has 0 bridgehead atoms. The van der Waals surface area contributed by atoms with E-state index < -0.39 is 23.7 Å². The molecular formula is C23H25F3N4O2. The Bertz CT molecular complexity index is 1060. The first-order valence-corrected chi connectivity index (χ1v) is 10.0. The van der Waals surface area contributed by atoms with E-state index in [0.717, 1.165) is 17.7 Å². The van der Waals surface area contributed by atoms with E-state index in [-0.39, 0.29) is 29.6 Å². The number of benzene rings is 2. The number of ether oxygens (including phenoxy) is 1. The molecule has 0 aliphatic carbocycles. The number of alkyl halides is 3. The van der Waals surface area contributed by atoms with Crippen LogP contribution >= 0.6 is 0 Å². The third-order valence-corrected chi connectivity index (χ3v) is 5.09. The molecule has 3 aromatic rings. The molecule has 1 aromatic heterocycles. The minimum Gasteiger partial charge on any atom is -0.383 e. The van der Waals surface area contributed by atoms with Gasteiger partial charge >= 0.3 is 6.18 Å². The van der Waals surface area contributed by atoms with Gasteiger partial charge in [-0.15, -0.1) is 0 Å². The van der Waals surface area contributed by atoms with Crippen LogP contribution in [0.1, 0.15) is 52.6 Å². The van der Waals surface area contributed by atoms with Gasteiger partial charge in [-0.25, -0.2) is 4.68 Å². The number of aromatic nitrogens is 2. The van der Waals surface area contributed by atoms with Crippen LogP contribution in [0.4, 0.5) is 19.0 Å². The maximum Gasteiger partial charge on any atom is 0.416 e. The molecule has 6 nitrogen and oxygen atoms in total. The predicted octanol–water partition coefficient (Wildman–Crippen LogP) is 4.55. The molecule has 4 N–H and O–H groups in total. The second-order valence-electron chi connectivity index (χ2n) is 7.80. The summed E-state index contributed by atoms with van der Waals surface area (Å²) < 4.78 is 46.0. The van der Waals surface area contributed by atoms with Crippen molar-refractivity contribution in [2.24, 2.45) is 11.7 Å². The molecular weight excluding hydrogens is 421 g/mol. The van der Waals surface area contributed by atoms with Crippen molar-refractivity contribution >= 4 is 11.7 Å². The van der Waals surface area contributed by atoms with Crippen LogP contribution in [-0.4, -0.2) is 15.7 Å². The van der Waals surface area contributed by atoms with Crippen LogP contribution in [0.2, 0.25) is 0 Å². The van der Waals surface area contributed by atoms with E-state index in [1.54, 1.807) is 0 Å². The number of carbonyl (C=O) groups is 1. The zero-order valence-electron chi connectivity index (χ0n) is 17.8. The summed E-state index contributed by atoms with van der Waals surface area (Å²) in [6, 6.07) is 13.8. The lowest BCUT2D eigenvalue weighted by Crippen LogP contribution is -2.21. The maximum absolute atomic E-state index is 12.9. The van der Waals surface area contributed by atoms with Crippen molar-refractivity contribution < 1.29 is 22.7 Å². The van der Waals surface area contributed by atoms with Crippen LogP contribution in [0.3, 0.4) is 0 Å². The second-order valence-corrected chi connectivity index (χ2v) is 7.80. The highest BCUT2D eigenvalue weighted by Crippen LogP contribution is 2.34. The number of carbonyl (C=O) groups excluding carboxylic acids is 1. The number of primary amides is 1. The number of halogens is 3. The van der Waals surface area contributed by atoms with Gasteiger partial charge in [0.15, 0.2) is 0 Å². The van der Waals surface area contributed by atoms with Crippen LogP contribution in [0.25, 0.3) is 0 Å². The van der Waals surface area contributed by atoms with Gasteiger partial charge in [0.2, 0.25) is 0 Å². The average molecular weight is 446 g/mol. The number of nitrogen functional groups attached to an aromatic ring is 1. The lowest BCUT2D eigenvalue weighted by Gasteiger charge is -2.23. The van der Waals surface area contributed by atoms with E-state index >= 15 is 0 Å². The summed E-state index contributed by atoms with van der Waals surface area (Å²) in [5, 5.41) is 4.47. The maximum atomic E-state index is 12.9. The molecule has 0 fully saturated rings.